The molecule has 7 heteroatoms. The van der Waals surface area contributed by atoms with Crippen LogP contribution in [0.15, 0.2) is 48.5 Å². The second-order valence-electron chi connectivity index (χ2n) is 8.03. The molecule has 2 N–H and O–H groups in total. The quantitative estimate of drug-likeness (QED) is 0.598. The van der Waals surface area contributed by atoms with Crippen LogP contribution in [0.25, 0.3) is 11.0 Å². The molecule has 4 nitrogen and oxygen atoms in total. The van der Waals surface area contributed by atoms with Gasteiger partial charge in [-0.2, -0.15) is 13.2 Å². The third kappa shape index (κ3) is 4.83. The molecule has 4 rings (SSSR count). The Balaban J connectivity index is 1.24. The molecule has 1 amide bonds. The van der Waals surface area contributed by atoms with Crippen LogP contribution in [-0.2, 0) is 23.9 Å². The van der Waals surface area contributed by atoms with E-state index in [-0.39, 0.29) is 18.4 Å². The van der Waals surface area contributed by atoms with Crippen molar-refractivity contribution in [3.63, 3.8) is 0 Å². The molecule has 1 fully saturated rings. The lowest BCUT2D eigenvalue weighted by molar-refractivity contribution is -0.137. The maximum atomic E-state index is 12.6. The van der Waals surface area contributed by atoms with Crippen LogP contribution in [0.1, 0.15) is 42.6 Å². The number of nitrogens with zero attached hydrogens (tertiary/aromatic N) is 1. The first-order valence-electron chi connectivity index (χ1n) is 10.3. The van der Waals surface area contributed by atoms with Gasteiger partial charge in [-0.1, -0.05) is 24.3 Å². The number of carbonyl (C=O) groups excluding carboxylic acids is 1. The lowest BCUT2D eigenvalue weighted by Crippen LogP contribution is -2.33. The van der Waals surface area contributed by atoms with E-state index >= 15 is 0 Å². The van der Waals surface area contributed by atoms with Gasteiger partial charge in [-0.25, -0.2) is 4.98 Å². The van der Waals surface area contributed by atoms with E-state index in [2.05, 4.69) is 15.3 Å². The highest BCUT2D eigenvalue weighted by molar-refractivity contribution is 5.78. The summed E-state index contributed by atoms with van der Waals surface area (Å²) in [6, 6.07) is 12.9. The fraction of sp³-hybridized carbons (Fsp3) is 0.391. The zero-order valence-corrected chi connectivity index (χ0v) is 16.5. The summed E-state index contributed by atoms with van der Waals surface area (Å²) in [6.07, 6.45) is 0.121. The van der Waals surface area contributed by atoms with Gasteiger partial charge in [-0.05, 0) is 61.4 Å². The van der Waals surface area contributed by atoms with Crippen molar-refractivity contribution in [3.05, 3.63) is 65.5 Å². The van der Waals surface area contributed by atoms with Crippen LogP contribution in [0.3, 0.4) is 0 Å². The molecule has 1 heterocycles. The third-order valence-corrected chi connectivity index (χ3v) is 5.89. The second kappa shape index (κ2) is 8.50. The molecule has 0 radical (unpaired) electrons. The third-order valence-electron chi connectivity index (χ3n) is 5.89. The molecular weight excluding hydrogens is 391 g/mol. The zero-order valence-electron chi connectivity index (χ0n) is 16.5. The van der Waals surface area contributed by atoms with Gasteiger partial charge in [0.2, 0.25) is 5.91 Å². The van der Waals surface area contributed by atoms with Gasteiger partial charge in [-0.3, -0.25) is 4.79 Å². The van der Waals surface area contributed by atoms with Crippen molar-refractivity contribution < 1.29 is 18.0 Å². The van der Waals surface area contributed by atoms with Gasteiger partial charge in [0.15, 0.2) is 0 Å². The summed E-state index contributed by atoms with van der Waals surface area (Å²) in [5, 5.41) is 2.87. The lowest BCUT2D eigenvalue weighted by Gasteiger charge is -2.27. The Morgan fingerprint density at radius 1 is 1.03 bits per heavy atom. The number of amides is 1. The predicted octanol–water partition coefficient (Wildman–Crippen LogP) is 5.25. The van der Waals surface area contributed by atoms with Gasteiger partial charge in [-0.15, -0.1) is 0 Å². The van der Waals surface area contributed by atoms with E-state index in [4.69, 9.17) is 0 Å². The maximum absolute atomic E-state index is 12.6. The number of benzene rings is 2. The van der Waals surface area contributed by atoms with Gasteiger partial charge < -0.3 is 10.3 Å². The number of para-hydroxylation sites is 2. The molecule has 0 atom stereocenters. The Kier molecular flexibility index (Phi) is 5.79. The Bertz CT molecular complexity index is 969. The summed E-state index contributed by atoms with van der Waals surface area (Å²) in [7, 11) is 0. The molecule has 0 spiro atoms. The standard InChI is InChI=1S/C23H24F3N3O/c24-23(25,26)18-11-7-16(8-12-18)14-27-22(30)17-9-5-15(6-10-17)13-21-28-19-3-1-2-4-20(19)29-21/h1-4,7-8,11-12,15,17H,5-6,9-10,13-14H2,(H,27,30)(H,28,29)/t15-,17+. The van der Waals surface area contributed by atoms with Crippen molar-refractivity contribution in [2.75, 3.05) is 0 Å². The van der Waals surface area contributed by atoms with E-state index in [9.17, 15) is 18.0 Å². The highest BCUT2D eigenvalue weighted by Gasteiger charge is 2.30. The Labute approximate surface area is 172 Å². The monoisotopic (exact) mass is 415 g/mol. The van der Waals surface area contributed by atoms with E-state index in [1.54, 1.807) is 0 Å². The van der Waals surface area contributed by atoms with Gasteiger partial charge in [0.1, 0.15) is 5.82 Å². The summed E-state index contributed by atoms with van der Waals surface area (Å²) in [6.45, 7) is 0.246. The van der Waals surface area contributed by atoms with Crippen LogP contribution in [-0.4, -0.2) is 15.9 Å². The van der Waals surface area contributed by atoms with Crippen molar-refractivity contribution >= 4 is 16.9 Å². The Morgan fingerprint density at radius 2 is 1.73 bits per heavy atom. The van der Waals surface area contributed by atoms with Gasteiger partial charge in [0.05, 0.1) is 16.6 Å². The first-order valence-corrected chi connectivity index (χ1v) is 10.3. The minimum Gasteiger partial charge on any atom is -0.352 e. The minimum atomic E-state index is -4.34. The average Bonchev–Trinajstić information content (AvgIpc) is 3.14. The average molecular weight is 415 g/mol. The van der Waals surface area contributed by atoms with E-state index in [1.165, 1.54) is 12.1 Å². The number of carbonyl (C=O) groups is 1. The second-order valence-corrected chi connectivity index (χ2v) is 8.03. The summed E-state index contributed by atoms with van der Waals surface area (Å²) >= 11 is 0. The summed E-state index contributed by atoms with van der Waals surface area (Å²) in [4.78, 5) is 20.5. The smallest absolute Gasteiger partial charge is 0.352 e. The molecule has 2 aromatic carbocycles. The molecule has 0 aliphatic heterocycles. The minimum absolute atomic E-state index is 0.0166. The van der Waals surface area contributed by atoms with Gasteiger partial charge >= 0.3 is 6.18 Å². The molecule has 0 saturated heterocycles. The number of hydrogen-bond donors (Lipinski definition) is 2. The fourth-order valence-electron chi connectivity index (χ4n) is 4.15. The molecule has 1 aromatic heterocycles. The molecule has 0 unspecified atom stereocenters. The number of imidazole rings is 1. The lowest BCUT2D eigenvalue weighted by atomic mass is 9.80. The van der Waals surface area contributed by atoms with Gasteiger partial charge in [0, 0.05) is 18.9 Å². The summed E-state index contributed by atoms with van der Waals surface area (Å²) in [5.41, 5.74) is 2.00. The molecule has 1 aliphatic carbocycles. The van der Waals surface area contributed by atoms with Crippen LogP contribution < -0.4 is 5.32 Å². The van der Waals surface area contributed by atoms with E-state index < -0.39 is 11.7 Å². The van der Waals surface area contributed by atoms with Crippen LogP contribution >= 0.6 is 0 Å². The largest absolute Gasteiger partial charge is 0.416 e. The number of hydrogen-bond acceptors (Lipinski definition) is 2. The zero-order chi connectivity index (χ0) is 21.1. The van der Waals surface area contributed by atoms with Crippen molar-refractivity contribution in [2.45, 2.75) is 44.8 Å². The number of halogens is 3. The predicted molar refractivity (Wildman–Crippen MR) is 109 cm³/mol. The number of fused-ring (bicyclic) bond motifs is 1. The maximum Gasteiger partial charge on any atom is 0.416 e. The Hall–Kier alpha value is -2.83. The van der Waals surface area contributed by atoms with E-state index in [0.29, 0.717) is 11.5 Å². The molecule has 3 aromatic rings. The summed E-state index contributed by atoms with van der Waals surface area (Å²) in [5.74, 6) is 1.44. The number of H-pyrrole nitrogens is 1. The van der Waals surface area contributed by atoms with Gasteiger partial charge in [0.25, 0.3) is 0 Å². The SMILES string of the molecule is O=C(NCc1ccc(C(F)(F)F)cc1)[C@H]1CC[C@@H](Cc2nc3ccccc3[nH]2)CC1. The van der Waals surface area contributed by atoms with Crippen LogP contribution in [0.4, 0.5) is 13.2 Å². The highest BCUT2D eigenvalue weighted by Crippen LogP contribution is 2.31. The molecule has 30 heavy (non-hydrogen) atoms. The molecular formula is C23H24F3N3O. The van der Waals surface area contributed by atoms with Crippen LogP contribution in [0.2, 0.25) is 0 Å². The molecule has 158 valence electrons. The number of nitrogens with one attached hydrogen (secondary N) is 2. The Morgan fingerprint density at radius 3 is 2.40 bits per heavy atom. The van der Waals surface area contributed by atoms with Crippen molar-refractivity contribution in [3.8, 4) is 0 Å². The van der Waals surface area contributed by atoms with E-state index in [0.717, 1.165) is 61.1 Å². The van der Waals surface area contributed by atoms with Crippen LogP contribution in [0.5, 0.6) is 0 Å². The van der Waals surface area contributed by atoms with Crippen molar-refractivity contribution in [1.29, 1.82) is 0 Å². The topological polar surface area (TPSA) is 57.8 Å². The number of rotatable bonds is 5. The summed E-state index contributed by atoms with van der Waals surface area (Å²) < 4.78 is 37.9. The highest BCUT2D eigenvalue weighted by atomic mass is 19.4. The fourth-order valence-corrected chi connectivity index (χ4v) is 4.15. The van der Waals surface area contributed by atoms with Crippen LogP contribution in [0, 0.1) is 11.8 Å². The van der Waals surface area contributed by atoms with Crippen molar-refractivity contribution in [2.24, 2.45) is 11.8 Å². The van der Waals surface area contributed by atoms with E-state index in [1.807, 2.05) is 24.3 Å². The first kappa shape index (κ1) is 20.4. The molecule has 1 saturated carbocycles. The number of aromatic amines is 1. The first-order chi connectivity index (χ1) is 14.4. The number of aromatic nitrogens is 2. The normalized spacial score (nSPS) is 19.7. The van der Waals surface area contributed by atoms with Crippen molar-refractivity contribution in [1.82, 2.24) is 15.3 Å². The molecule has 0 bridgehead atoms. The molecule has 1 aliphatic rings. The number of alkyl halides is 3.